The molecule has 1 aromatic rings. The van der Waals surface area contributed by atoms with Gasteiger partial charge in [0.15, 0.2) is 0 Å². The Balaban J connectivity index is 3.49. The van der Waals surface area contributed by atoms with Gasteiger partial charge in [-0.1, -0.05) is 27.5 Å². The molecule has 0 saturated heterocycles. The Morgan fingerprint density at radius 3 is 2.71 bits per heavy atom. The van der Waals surface area contributed by atoms with Gasteiger partial charge in [-0.05, 0) is 11.6 Å². The smallest absolute Gasteiger partial charge is 0.258 e. The minimum atomic E-state index is -0.614. The van der Waals surface area contributed by atoms with Crippen LogP contribution >= 0.6 is 27.5 Å². The molecule has 14 heavy (non-hydrogen) atoms. The Kier molecular flexibility index (Phi) is 3.44. The van der Waals surface area contributed by atoms with E-state index < -0.39 is 4.92 Å². The first-order valence-corrected chi connectivity index (χ1v) is 5.03. The molecular weight excluding hydrogens is 271 g/mol. The van der Waals surface area contributed by atoms with E-state index in [-0.39, 0.29) is 16.3 Å². The predicted molar refractivity (Wildman–Crippen MR) is 55.5 cm³/mol. The number of benzene rings is 1. The van der Waals surface area contributed by atoms with Crippen molar-refractivity contribution in [3.8, 4) is 6.07 Å². The van der Waals surface area contributed by atoms with Gasteiger partial charge in [-0.15, -0.1) is 0 Å². The highest BCUT2D eigenvalue weighted by molar-refractivity contribution is 9.08. The Labute approximate surface area is 93.4 Å². The highest BCUT2D eigenvalue weighted by Gasteiger charge is 2.18. The standard InChI is InChI=1S/C8H4BrClN2O2/c9-3-5-1-6(10)2-8(12(13)14)7(5)4-11/h1-2H,3H2. The molecule has 0 N–H and O–H groups in total. The summed E-state index contributed by atoms with van der Waals surface area (Å²) in [6.45, 7) is 0. The quantitative estimate of drug-likeness (QED) is 0.473. The summed E-state index contributed by atoms with van der Waals surface area (Å²) in [6.07, 6.45) is 0. The van der Waals surface area contributed by atoms with Gasteiger partial charge in [0.05, 0.1) is 4.92 Å². The van der Waals surface area contributed by atoms with E-state index >= 15 is 0 Å². The van der Waals surface area contributed by atoms with Crippen LogP contribution in [0.2, 0.25) is 5.02 Å². The first-order chi connectivity index (χ1) is 6.60. The summed E-state index contributed by atoms with van der Waals surface area (Å²) in [7, 11) is 0. The van der Waals surface area contributed by atoms with Crippen molar-refractivity contribution in [2.24, 2.45) is 0 Å². The van der Waals surface area contributed by atoms with Crippen molar-refractivity contribution in [1.82, 2.24) is 0 Å². The van der Waals surface area contributed by atoms with E-state index in [0.717, 1.165) is 0 Å². The van der Waals surface area contributed by atoms with Gasteiger partial charge in [0.25, 0.3) is 5.69 Å². The molecule has 0 unspecified atom stereocenters. The maximum atomic E-state index is 10.6. The van der Waals surface area contributed by atoms with Crippen molar-refractivity contribution >= 4 is 33.2 Å². The maximum Gasteiger partial charge on any atom is 0.288 e. The molecule has 0 aromatic heterocycles. The number of halogens is 2. The Bertz CT molecular complexity index is 428. The third kappa shape index (κ3) is 2.03. The molecule has 0 amide bonds. The first kappa shape index (κ1) is 11.0. The summed E-state index contributed by atoms with van der Waals surface area (Å²) in [6, 6.07) is 4.50. The van der Waals surface area contributed by atoms with Crippen LogP contribution in [0, 0.1) is 21.4 Å². The zero-order valence-corrected chi connectivity index (χ0v) is 9.17. The summed E-state index contributed by atoms with van der Waals surface area (Å²) in [4.78, 5) is 9.97. The van der Waals surface area contributed by atoms with Crippen LogP contribution in [-0.4, -0.2) is 4.92 Å². The molecule has 72 valence electrons. The molecule has 0 saturated carbocycles. The van der Waals surface area contributed by atoms with Gasteiger partial charge in [-0.2, -0.15) is 5.26 Å². The monoisotopic (exact) mass is 274 g/mol. The molecule has 0 atom stereocenters. The fourth-order valence-corrected chi connectivity index (χ4v) is 1.70. The molecule has 0 aliphatic carbocycles. The molecule has 0 heterocycles. The molecule has 0 bridgehead atoms. The molecule has 4 nitrogen and oxygen atoms in total. The number of hydrogen-bond donors (Lipinski definition) is 0. The number of rotatable bonds is 2. The number of nitriles is 1. The van der Waals surface area contributed by atoms with E-state index in [1.807, 2.05) is 0 Å². The maximum absolute atomic E-state index is 10.6. The van der Waals surface area contributed by atoms with Crippen molar-refractivity contribution in [3.63, 3.8) is 0 Å². The fraction of sp³-hybridized carbons (Fsp3) is 0.125. The van der Waals surface area contributed by atoms with Crippen molar-refractivity contribution in [2.45, 2.75) is 5.33 Å². The lowest BCUT2D eigenvalue weighted by Crippen LogP contribution is -1.96. The van der Waals surface area contributed by atoms with Crippen LogP contribution < -0.4 is 0 Å². The summed E-state index contributed by atoms with van der Waals surface area (Å²) < 4.78 is 0. The summed E-state index contributed by atoms with van der Waals surface area (Å²) >= 11 is 8.80. The van der Waals surface area contributed by atoms with Gasteiger partial charge in [-0.25, -0.2) is 0 Å². The second-order valence-corrected chi connectivity index (χ2v) is 3.46. The van der Waals surface area contributed by atoms with E-state index in [9.17, 15) is 10.1 Å². The minimum absolute atomic E-state index is 0.0521. The second kappa shape index (κ2) is 4.40. The Morgan fingerprint density at radius 2 is 2.29 bits per heavy atom. The zero-order valence-electron chi connectivity index (χ0n) is 6.83. The highest BCUT2D eigenvalue weighted by atomic mass is 79.9. The van der Waals surface area contributed by atoms with Crippen LogP contribution in [0.3, 0.4) is 0 Å². The lowest BCUT2D eigenvalue weighted by Gasteiger charge is -2.01. The van der Waals surface area contributed by atoms with Gasteiger partial charge in [-0.3, -0.25) is 10.1 Å². The molecule has 6 heteroatoms. The van der Waals surface area contributed by atoms with Gasteiger partial charge in [0, 0.05) is 16.4 Å². The lowest BCUT2D eigenvalue weighted by molar-refractivity contribution is -0.385. The average molecular weight is 275 g/mol. The molecule has 0 aliphatic heterocycles. The highest BCUT2D eigenvalue weighted by Crippen LogP contribution is 2.27. The van der Waals surface area contributed by atoms with Crippen LogP contribution in [0.1, 0.15) is 11.1 Å². The third-order valence-corrected chi connectivity index (χ3v) is 2.44. The molecule has 0 aliphatic rings. The number of nitro groups is 1. The topological polar surface area (TPSA) is 66.9 Å². The normalized spacial score (nSPS) is 9.50. The van der Waals surface area contributed by atoms with Gasteiger partial charge < -0.3 is 0 Å². The molecule has 0 radical (unpaired) electrons. The van der Waals surface area contributed by atoms with E-state index in [4.69, 9.17) is 16.9 Å². The Morgan fingerprint density at radius 1 is 1.64 bits per heavy atom. The number of alkyl halides is 1. The number of hydrogen-bond acceptors (Lipinski definition) is 3. The predicted octanol–water partition coefficient (Wildman–Crippen LogP) is 3.01. The molecule has 1 rings (SSSR count). The summed E-state index contributed by atoms with van der Waals surface area (Å²) in [5, 5.41) is 19.9. The third-order valence-electron chi connectivity index (χ3n) is 1.62. The van der Waals surface area contributed by atoms with Crippen molar-refractivity contribution in [1.29, 1.82) is 5.26 Å². The fourth-order valence-electron chi connectivity index (χ4n) is 1.03. The molecular formula is C8H4BrClN2O2. The van der Waals surface area contributed by atoms with Crippen molar-refractivity contribution < 1.29 is 4.92 Å². The number of nitro benzene ring substituents is 1. The zero-order chi connectivity index (χ0) is 10.7. The Hall–Kier alpha value is -1.12. The SMILES string of the molecule is N#Cc1c(CBr)cc(Cl)cc1[N+](=O)[O-]. The van der Waals surface area contributed by atoms with E-state index in [2.05, 4.69) is 15.9 Å². The van der Waals surface area contributed by atoms with Gasteiger partial charge in [0.2, 0.25) is 0 Å². The largest absolute Gasteiger partial charge is 0.288 e. The lowest BCUT2D eigenvalue weighted by atomic mass is 10.1. The minimum Gasteiger partial charge on any atom is -0.258 e. The molecule has 1 aromatic carbocycles. The van der Waals surface area contributed by atoms with E-state index in [1.165, 1.54) is 12.1 Å². The summed E-state index contributed by atoms with van der Waals surface area (Å²) in [5.74, 6) is 0. The van der Waals surface area contributed by atoms with Crippen molar-refractivity contribution in [3.05, 3.63) is 38.4 Å². The second-order valence-electron chi connectivity index (χ2n) is 2.46. The van der Waals surface area contributed by atoms with E-state index in [0.29, 0.717) is 10.9 Å². The van der Waals surface area contributed by atoms with Crippen LogP contribution in [0.15, 0.2) is 12.1 Å². The van der Waals surface area contributed by atoms with Crippen molar-refractivity contribution in [2.75, 3.05) is 0 Å². The van der Waals surface area contributed by atoms with Gasteiger partial charge >= 0.3 is 0 Å². The number of nitrogens with zero attached hydrogens (tertiary/aromatic N) is 2. The van der Waals surface area contributed by atoms with E-state index in [1.54, 1.807) is 6.07 Å². The molecule has 0 spiro atoms. The molecule has 0 fully saturated rings. The van der Waals surface area contributed by atoms with Gasteiger partial charge in [0.1, 0.15) is 11.6 Å². The van der Waals surface area contributed by atoms with Crippen LogP contribution in [0.5, 0.6) is 0 Å². The average Bonchev–Trinajstić information content (AvgIpc) is 2.16. The summed E-state index contributed by atoms with van der Waals surface area (Å²) in [5.41, 5.74) is 0.317. The first-order valence-electron chi connectivity index (χ1n) is 3.53. The van der Waals surface area contributed by atoms with Crippen LogP contribution in [0.25, 0.3) is 0 Å². The van der Waals surface area contributed by atoms with Crippen LogP contribution in [-0.2, 0) is 5.33 Å². The van der Waals surface area contributed by atoms with Crippen LogP contribution in [0.4, 0.5) is 5.69 Å².